The Kier molecular flexibility index (Phi) is 3.58. The zero-order chi connectivity index (χ0) is 13.8. The second-order valence-corrected chi connectivity index (χ2v) is 7.28. The molecule has 0 N–H and O–H groups in total. The molecule has 6 heteroatoms. The summed E-state index contributed by atoms with van der Waals surface area (Å²) in [5.74, 6) is -0.630. The van der Waals surface area contributed by atoms with E-state index in [2.05, 4.69) is 6.58 Å². The molecule has 0 amide bonds. The summed E-state index contributed by atoms with van der Waals surface area (Å²) in [5, 5.41) is 0. The molecule has 0 radical (unpaired) electrons. The molecule has 0 aromatic carbocycles. The van der Waals surface area contributed by atoms with Gasteiger partial charge in [-0.15, -0.1) is 6.58 Å². The second kappa shape index (κ2) is 4.39. The molecule has 1 saturated heterocycles. The second-order valence-electron chi connectivity index (χ2n) is 4.57. The van der Waals surface area contributed by atoms with Crippen LogP contribution in [0.3, 0.4) is 0 Å². The lowest BCUT2D eigenvalue weighted by molar-refractivity contribution is -0.142. The molecule has 0 unspecified atom stereocenters. The maximum Gasteiger partial charge on any atom is 0.211 e. The number of rotatable bonds is 3. The Labute approximate surface area is 126 Å². The highest BCUT2D eigenvalue weighted by Crippen LogP contribution is 2.58. The summed E-state index contributed by atoms with van der Waals surface area (Å²) in [6.07, 6.45) is 3.79. The highest BCUT2D eigenvalue weighted by molar-refractivity contribution is 6.70. The van der Waals surface area contributed by atoms with Crippen LogP contribution in [0.25, 0.3) is 0 Å². The molecule has 2 rings (SSSR count). The van der Waals surface area contributed by atoms with Gasteiger partial charge in [0.2, 0.25) is 14.4 Å². The Morgan fingerprint density at radius 3 is 2.61 bits per heavy atom. The third-order valence-electron chi connectivity index (χ3n) is 3.52. The summed E-state index contributed by atoms with van der Waals surface area (Å²) < 4.78 is 2.26. The standard InChI is InChI=1S/C12H12Cl4O2/c1-3-4-5-10-7(2)6-8(18-10)11(13,14)9(17)12(10,15)16/h3,6,8H,1,4-5H2,2H3/t8-,10+/m1/s1. The average Bonchev–Trinajstić information content (AvgIpc) is 2.62. The van der Waals surface area contributed by atoms with E-state index >= 15 is 0 Å². The van der Waals surface area contributed by atoms with Crippen LogP contribution in [-0.2, 0) is 9.53 Å². The van der Waals surface area contributed by atoms with Gasteiger partial charge in [-0.25, -0.2) is 0 Å². The molecular weight excluding hydrogens is 318 g/mol. The smallest absolute Gasteiger partial charge is 0.211 e. The molecule has 2 atom stereocenters. The summed E-state index contributed by atoms with van der Waals surface area (Å²) in [6, 6.07) is 0. The molecule has 2 heterocycles. The van der Waals surface area contributed by atoms with Crippen molar-refractivity contribution in [3.63, 3.8) is 0 Å². The minimum absolute atomic E-state index is 0.456. The van der Waals surface area contributed by atoms with Crippen LogP contribution in [0.1, 0.15) is 19.8 Å². The molecule has 0 aromatic heterocycles. The Morgan fingerprint density at radius 1 is 1.44 bits per heavy atom. The largest absolute Gasteiger partial charge is 0.356 e. The van der Waals surface area contributed by atoms with Crippen molar-refractivity contribution in [3.8, 4) is 0 Å². The fourth-order valence-corrected chi connectivity index (χ4v) is 4.01. The van der Waals surface area contributed by atoms with Crippen molar-refractivity contribution in [2.45, 2.75) is 40.1 Å². The molecule has 2 nitrogen and oxygen atoms in total. The van der Waals surface area contributed by atoms with Crippen LogP contribution in [-0.4, -0.2) is 26.2 Å². The molecule has 2 aliphatic heterocycles. The predicted octanol–water partition coefficient (Wildman–Crippen LogP) is 3.97. The van der Waals surface area contributed by atoms with Crippen LogP contribution in [0.15, 0.2) is 24.3 Å². The van der Waals surface area contributed by atoms with Gasteiger partial charge in [0.1, 0.15) is 11.7 Å². The van der Waals surface area contributed by atoms with Crippen molar-refractivity contribution < 1.29 is 9.53 Å². The number of carbonyl (C=O) groups excluding carboxylic acids is 1. The lowest BCUT2D eigenvalue weighted by Crippen LogP contribution is -2.64. The third kappa shape index (κ3) is 1.70. The van der Waals surface area contributed by atoms with E-state index < -0.39 is 26.2 Å². The number of alkyl halides is 4. The number of carbonyl (C=O) groups is 1. The van der Waals surface area contributed by atoms with E-state index in [1.165, 1.54) is 0 Å². The number of ether oxygens (including phenoxy) is 1. The number of Topliss-reactive ketones (excluding diaryl/α,β-unsaturated/α-hetero) is 1. The fourth-order valence-electron chi connectivity index (χ4n) is 2.45. The van der Waals surface area contributed by atoms with E-state index in [-0.39, 0.29) is 0 Å². The van der Waals surface area contributed by atoms with Crippen molar-refractivity contribution in [3.05, 3.63) is 24.3 Å². The number of allylic oxidation sites excluding steroid dienone is 1. The number of fused-ring (bicyclic) bond motifs is 2. The third-order valence-corrected chi connectivity index (χ3v) is 5.25. The van der Waals surface area contributed by atoms with Crippen LogP contribution < -0.4 is 0 Å². The van der Waals surface area contributed by atoms with Crippen LogP contribution in [0.5, 0.6) is 0 Å². The Hall–Kier alpha value is 0.270. The highest BCUT2D eigenvalue weighted by Gasteiger charge is 2.70. The minimum Gasteiger partial charge on any atom is -0.356 e. The minimum atomic E-state index is -1.80. The van der Waals surface area contributed by atoms with Crippen LogP contribution >= 0.6 is 46.4 Å². The summed E-state index contributed by atoms with van der Waals surface area (Å²) >= 11 is 24.5. The van der Waals surface area contributed by atoms with Gasteiger partial charge in [-0.2, -0.15) is 0 Å². The molecule has 1 fully saturated rings. The van der Waals surface area contributed by atoms with Gasteiger partial charge in [-0.05, 0) is 25.3 Å². The van der Waals surface area contributed by atoms with Gasteiger partial charge < -0.3 is 4.74 Å². The van der Waals surface area contributed by atoms with Crippen molar-refractivity contribution in [1.29, 1.82) is 0 Å². The summed E-state index contributed by atoms with van der Waals surface area (Å²) in [4.78, 5) is 12.3. The zero-order valence-electron chi connectivity index (χ0n) is 9.68. The van der Waals surface area contributed by atoms with E-state index in [1.807, 2.05) is 6.92 Å². The quantitative estimate of drug-likeness (QED) is 0.578. The first kappa shape index (κ1) is 14.7. The predicted molar refractivity (Wildman–Crippen MR) is 74.7 cm³/mol. The average molecular weight is 330 g/mol. The van der Waals surface area contributed by atoms with E-state index in [4.69, 9.17) is 51.1 Å². The van der Waals surface area contributed by atoms with E-state index in [9.17, 15) is 4.79 Å². The maximum absolute atomic E-state index is 12.3. The number of ketones is 1. The van der Waals surface area contributed by atoms with E-state index in [0.29, 0.717) is 12.8 Å². The molecule has 18 heavy (non-hydrogen) atoms. The normalized spacial score (nSPS) is 36.4. The monoisotopic (exact) mass is 328 g/mol. The highest BCUT2D eigenvalue weighted by atomic mass is 35.5. The molecule has 0 aliphatic carbocycles. The Morgan fingerprint density at radius 2 is 2.06 bits per heavy atom. The van der Waals surface area contributed by atoms with Crippen LogP contribution in [0.4, 0.5) is 0 Å². The van der Waals surface area contributed by atoms with Crippen LogP contribution in [0.2, 0.25) is 0 Å². The van der Waals surface area contributed by atoms with Gasteiger partial charge in [0.15, 0.2) is 0 Å². The first-order chi connectivity index (χ1) is 8.20. The van der Waals surface area contributed by atoms with Gasteiger partial charge in [0, 0.05) is 0 Å². The van der Waals surface area contributed by atoms with Gasteiger partial charge in [-0.1, -0.05) is 58.6 Å². The summed E-state index contributed by atoms with van der Waals surface area (Å²) in [5.41, 5.74) is -0.296. The van der Waals surface area contributed by atoms with E-state index in [1.54, 1.807) is 12.2 Å². The molecule has 2 aliphatic rings. The number of halogens is 4. The molecule has 0 saturated carbocycles. The topological polar surface area (TPSA) is 26.3 Å². The van der Waals surface area contributed by atoms with Crippen molar-refractivity contribution in [2.24, 2.45) is 0 Å². The van der Waals surface area contributed by atoms with Crippen molar-refractivity contribution >= 4 is 52.2 Å². The van der Waals surface area contributed by atoms with Gasteiger partial charge in [-0.3, -0.25) is 4.79 Å². The Bertz CT molecular complexity index is 441. The van der Waals surface area contributed by atoms with Gasteiger partial charge in [0.05, 0.1) is 0 Å². The molecule has 2 bridgehead atoms. The summed E-state index contributed by atoms with van der Waals surface area (Å²) in [7, 11) is 0. The van der Waals surface area contributed by atoms with Crippen molar-refractivity contribution in [2.75, 3.05) is 0 Å². The first-order valence-corrected chi connectivity index (χ1v) is 6.99. The zero-order valence-corrected chi connectivity index (χ0v) is 12.7. The summed E-state index contributed by atoms with van der Waals surface area (Å²) in [6.45, 7) is 5.46. The maximum atomic E-state index is 12.3. The SMILES string of the molecule is C=CCC[C@]12O[C@H](C=C1C)C(Cl)(Cl)C(=O)C2(Cl)Cl. The molecule has 0 spiro atoms. The fraction of sp³-hybridized carbons (Fsp3) is 0.583. The van der Waals surface area contributed by atoms with Gasteiger partial charge >= 0.3 is 0 Å². The lowest BCUT2D eigenvalue weighted by Gasteiger charge is -2.47. The van der Waals surface area contributed by atoms with Crippen molar-refractivity contribution in [1.82, 2.24) is 0 Å². The molecule has 100 valence electrons. The van der Waals surface area contributed by atoms with Crippen LogP contribution in [0, 0.1) is 0 Å². The lowest BCUT2D eigenvalue weighted by atomic mass is 9.84. The van der Waals surface area contributed by atoms with Gasteiger partial charge in [0.25, 0.3) is 0 Å². The molecular formula is C12H12Cl4O2. The number of hydrogen-bond donors (Lipinski definition) is 0. The number of hydrogen-bond acceptors (Lipinski definition) is 2. The molecule has 0 aromatic rings. The Balaban J connectivity index is 2.52. The first-order valence-electron chi connectivity index (χ1n) is 5.48. The van der Waals surface area contributed by atoms with E-state index in [0.717, 1.165) is 5.57 Å².